The molecule has 3 rings (SSSR count). The molecule has 7 nitrogen and oxygen atoms in total. The Morgan fingerprint density at radius 2 is 2.00 bits per heavy atom. The lowest BCUT2D eigenvalue weighted by Gasteiger charge is -2.33. The average Bonchev–Trinajstić information content (AvgIpc) is 2.82. The fourth-order valence-electron chi connectivity index (χ4n) is 3.20. The van der Waals surface area contributed by atoms with Gasteiger partial charge in [0, 0.05) is 29.2 Å². The molecule has 1 aliphatic heterocycles. The zero-order valence-electron chi connectivity index (χ0n) is 15.0. The van der Waals surface area contributed by atoms with Gasteiger partial charge in [-0.25, -0.2) is 14.3 Å². The predicted octanol–water partition coefficient (Wildman–Crippen LogP) is 3.50. The molecule has 0 atom stereocenters. The Morgan fingerprint density at radius 1 is 1.36 bits per heavy atom. The monoisotopic (exact) mass is 409 g/mol. The summed E-state index contributed by atoms with van der Waals surface area (Å²) in [7, 11) is 0. The van der Waals surface area contributed by atoms with E-state index in [1.54, 1.807) is 4.90 Å². The summed E-state index contributed by atoms with van der Waals surface area (Å²) >= 11 is 3.56. The molecule has 136 valence electrons. The first-order chi connectivity index (χ1) is 11.7. The van der Waals surface area contributed by atoms with Crippen LogP contribution in [0.5, 0.6) is 0 Å². The number of nitrogen functional groups attached to an aromatic ring is 1. The number of nitrogens with zero attached hydrogens (tertiary/aromatic N) is 4. The number of anilines is 1. The minimum absolute atomic E-state index is 0.241. The van der Waals surface area contributed by atoms with E-state index < -0.39 is 5.60 Å². The van der Waals surface area contributed by atoms with Crippen LogP contribution in [0.25, 0.3) is 5.52 Å². The van der Waals surface area contributed by atoms with E-state index in [-0.39, 0.29) is 6.09 Å². The van der Waals surface area contributed by atoms with Gasteiger partial charge in [-0.05, 0) is 62.5 Å². The maximum atomic E-state index is 12.2. The second kappa shape index (κ2) is 6.48. The van der Waals surface area contributed by atoms with Gasteiger partial charge in [0.2, 0.25) is 0 Å². The summed E-state index contributed by atoms with van der Waals surface area (Å²) in [6, 6.07) is 2.06. The lowest BCUT2D eigenvalue weighted by molar-refractivity contribution is 0.0204. The number of fused-ring (bicyclic) bond motifs is 1. The van der Waals surface area contributed by atoms with E-state index in [2.05, 4.69) is 32.1 Å². The van der Waals surface area contributed by atoms with Crippen LogP contribution >= 0.6 is 15.9 Å². The number of hydrogen-bond acceptors (Lipinski definition) is 5. The van der Waals surface area contributed by atoms with Gasteiger partial charge in [-0.1, -0.05) is 0 Å². The number of hydrogen-bond donors (Lipinski definition) is 1. The quantitative estimate of drug-likeness (QED) is 0.778. The molecule has 3 heterocycles. The largest absolute Gasteiger partial charge is 0.444 e. The van der Waals surface area contributed by atoms with Gasteiger partial charge in [0.25, 0.3) is 0 Å². The van der Waals surface area contributed by atoms with Crippen molar-refractivity contribution in [2.24, 2.45) is 0 Å². The van der Waals surface area contributed by atoms with Crippen LogP contribution in [-0.4, -0.2) is 44.3 Å². The van der Waals surface area contributed by atoms with Crippen LogP contribution in [0.4, 0.5) is 10.6 Å². The van der Waals surface area contributed by atoms with E-state index in [4.69, 9.17) is 10.5 Å². The van der Waals surface area contributed by atoms with Gasteiger partial charge < -0.3 is 15.4 Å². The molecule has 1 saturated heterocycles. The highest BCUT2D eigenvalue weighted by Gasteiger charge is 2.29. The van der Waals surface area contributed by atoms with Crippen molar-refractivity contribution in [2.45, 2.75) is 52.1 Å². The molecule has 0 bridgehead atoms. The number of aryl methyl sites for hydroxylation is 1. The van der Waals surface area contributed by atoms with E-state index in [9.17, 15) is 4.79 Å². The van der Waals surface area contributed by atoms with E-state index >= 15 is 0 Å². The van der Waals surface area contributed by atoms with E-state index in [1.165, 1.54) is 0 Å². The third-order valence-electron chi connectivity index (χ3n) is 4.29. The molecular weight excluding hydrogens is 386 g/mol. The molecule has 25 heavy (non-hydrogen) atoms. The number of aromatic nitrogens is 3. The topological polar surface area (TPSA) is 85.8 Å². The van der Waals surface area contributed by atoms with E-state index in [0.29, 0.717) is 30.6 Å². The lowest BCUT2D eigenvalue weighted by atomic mass is 9.94. The SMILES string of the molecule is Cc1nc(N)c2c(Br)cc(C3CCN(C(=O)OC(C)(C)C)CC3)n2n1. The van der Waals surface area contributed by atoms with E-state index in [0.717, 1.165) is 28.5 Å². The highest BCUT2D eigenvalue weighted by Crippen LogP contribution is 2.34. The summed E-state index contributed by atoms with van der Waals surface area (Å²) < 4.78 is 8.24. The van der Waals surface area contributed by atoms with Crippen LogP contribution in [0.2, 0.25) is 0 Å². The molecular formula is C17H24BrN5O2. The fraction of sp³-hybridized carbons (Fsp3) is 0.588. The van der Waals surface area contributed by atoms with Crippen LogP contribution in [0.1, 0.15) is 51.0 Å². The summed E-state index contributed by atoms with van der Waals surface area (Å²) in [5.74, 6) is 1.42. The van der Waals surface area contributed by atoms with Crippen molar-refractivity contribution in [1.29, 1.82) is 0 Å². The number of nitrogens with two attached hydrogens (primary N) is 1. The molecule has 2 aromatic rings. The number of piperidine rings is 1. The first-order valence-corrected chi connectivity index (χ1v) is 9.24. The summed E-state index contributed by atoms with van der Waals surface area (Å²) in [5.41, 5.74) is 7.48. The van der Waals surface area contributed by atoms with Crippen molar-refractivity contribution in [1.82, 2.24) is 19.5 Å². The zero-order chi connectivity index (χ0) is 18.4. The van der Waals surface area contributed by atoms with Gasteiger partial charge in [0.1, 0.15) is 16.9 Å². The van der Waals surface area contributed by atoms with Gasteiger partial charge in [0.15, 0.2) is 5.82 Å². The summed E-state index contributed by atoms with van der Waals surface area (Å²) in [6.45, 7) is 8.82. The molecule has 2 aromatic heterocycles. The Balaban J connectivity index is 1.78. The molecule has 1 amide bonds. The molecule has 0 radical (unpaired) electrons. The number of rotatable bonds is 1. The van der Waals surface area contributed by atoms with Crippen molar-refractivity contribution >= 4 is 33.4 Å². The normalized spacial score (nSPS) is 16.4. The minimum Gasteiger partial charge on any atom is -0.444 e. The fourth-order valence-corrected chi connectivity index (χ4v) is 3.80. The Kier molecular flexibility index (Phi) is 4.66. The Morgan fingerprint density at radius 3 is 2.60 bits per heavy atom. The molecule has 0 saturated carbocycles. The van der Waals surface area contributed by atoms with Crippen LogP contribution in [0.3, 0.4) is 0 Å². The highest BCUT2D eigenvalue weighted by molar-refractivity contribution is 9.10. The van der Waals surface area contributed by atoms with Crippen molar-refractivity contribution in [3.8, 4) is 0 Å². The van der Waals surface area contributed by atoms with Gasteiger partial charge in [-0.3, -0.25) is 0 Å². The molecule has 1 aliphatic rings. The molecule has 8 heteroatoms. The minimum atomic E-state index is -0.470. The summed E-state index contributed by atoms with van der Waals surface area (Å²) in [6.07, 6.45) is 1.48. The Bertz CT molecular complexity index is 803. The molecule has 0 aliphatic carbocycles. The molecule has 0 aromatic carbocycles. The summed E-state index contributed by atoms with van der Waals surface area (Å²) in [5, 5.41) is 4.53. The third kappa shape index (κ3) is 3.73. The highest BCUT2D eigenvalue weighted by atomic mass is 79.9. The number of ether oxygens (including phenoxy) is 1. The number of carbonyl (C=O) groups excluding carboxylic acids is 1. The van der Waals surface area contributed by atoms with E-state index in [1.807, 2.05) is 32.2 Å². The Hall–Kier alpha value is -1.83. The lowest BCUT2D eigenvalue weighted by Crippen LogP contribution is -2.41. The predicted molar refractivity (Wildman–Crippen MR) is 99.6 cm³/mol. The Labute approximate surface area is 155 Å². The molecule has 0 unspecified atom stereocenters. The first-order valence-electron chi connectivity index (χ1n) is 8.45. The van der Waals surface area contributed by atoms with Crippen LogP contribution in [0.15, 0.2) is 10.5 Å². The maximum Gasteiger partial charge on any atom is 0.410 e. The van der Waals surface area contributed by atoms with Crippen molar-refractivity contribution in [2.75, 3.05) is 18.8 Å². The van der Waals surface area contributed by atoms with Crippen LogP contribution < -0.4 is 5.73 Å². The molecule has 1 fully saturated rings. The van der Waals surface area contributed by atoms with Crippen molar-refractivity contribution < 1.29 is 9.53 Å². The van der Waals surface area contributed by atoms with Crippen LogP contribution in [-0.2, 0) is 4.74 Å². The van der Waals surface area contributed by atoms with Gasteiger partial charge in [-0.15, -0.1) is 0 Å². The molecule has 2 N–H and O–H groups in total. The van der Waals surface area contributed by atoms with Crippen molar-refractivity contribution in [3.05, 3.63) is 22.1 Å². The smallest absolute Gasteiger partial charge is 0.410 e. The first kappa shape index (κ1) is 18.0. The van der Waals surface area contributed by atoms with Crippen LogP contribution in [0, 0.1) is 6.92 Å². The van der Waals surface area contributed by atoms with Gasteiger partial charge in [-0.2, -0.15) is 5.10 Å². The summed E-state index contributed by atoms with van der Waals surface area (Å²) in [4.78, 5) is 18.2. The number of likely N-dealkylation sites (tertiary alicyclic amines) is 1. The number of halogens is 1. The molecule has 0 spiro atoms. The zero-order valence-corrected chi connectivity index (χ0v) is 16.6. The van der Waals surface area contributed by atoms with Gasteiger partial charge >= 0.3 is 6.09 Å². The number of amides is 1. The van der Waals surface area contributed by atoms with Gasteiger partial charge in [0.05, 0.1) is 0 Å². The second-order valence-electron chi connectivity index (χ2n) is 7.46. The number of carbonyl (C=O) groups is 1. The van der Waals surface area contributed by atoms with Crippen molar-refractivity contribution in [3.63, 3.8) is 0 Å². The maximum absolute atomic E-state index is 12.2. The second-order valence-corrected chi connectivity index (χ2v) is 8.32. The third-order valence-corrected chi connectivity index (χ3v) is 4.90. The standard InChI is InChI=1S/C17H24BrN5O2/c1-10-20-15(19)14-12(18)9-13(23(14)21-10)11-5-7-22(8-6-11)16(24)25-17(2,3)4/h9,11H,5-8H2,1-4H3,(H2,19,20,21). The average molecular weight is 410 g/mol.